The number of carbonyl (C=O) groups excluding carboxylic acids is 2. The predicted octanol–water partition coefficient (Wildman–Crippen LogP) is 1.50. The van der Waals surface area contributed by atoms with Crippen LogP contribution in [0.25, 0.3) is 0 Å². The summed E-state index contributed by atoms with van der Waals surface area (Å²) in [7, 11) is 0. The van der Waals surface area contributed by atoms with Gasteiger partial charge in [-0.1, -0.05) is 27.7 Å². The van der Waals surface area contributed by atoms with Gasteiger partial charge in [-0.3, -0.25) is 9.59 Å². The smallest absolute Gasteiger partial charge is 0.311 e. The number of ether oxygens (including phenoxy) is 3. The molecule has 17 heavy (non-hydrogen) atoms. The summed E-state index contributed by atoms with van der Waals surface area (Å²) in [4.78, 5) is 23.2. The molecule has 1 rings (SSSR count). The average molecular weight is 244 g/mol. The number of hydrogen-bond acceptors (Lipinski definition) is 5. The lowest BCUT2D eigenvalue weighted by molar-refractivity contribution is -0.231. The Labute approximate surface area is 101 Å². The molecule has 0 N–H and O–H groups in total. The van der Waals surface area contributed by atoms with Crippen molar-refractivity contribution in [2.75, 3.05) is 13.2 Å². The fourth-order valence-electron chi connectivity index (χ4n) is 1.31. The minimum Gasteiger partial charge on any atom is -0.420 e. The van der Waals surface area contributed by atoms with Crippen LogP contribution in [0.1, 0.15) is 34.1 Å². The Morgan fingerprint density at radius 3 is 1.82 bits per heavy atom. The third-order valence-corrected chi connectivity index (χ3v) is 2.47. The second-order valence-corrected chi connectivity index (χ2v) is 4.86. The van der Waals surface area contributed by atoms with Gasteiger partial charge in [-0.2, -0.15) is 0 Å². The molecule has 0 unspecified atom stereocenters. The quantitative estimate of drug-likeness (QED) is 0.554. The van der Waals surface area contributed by atoms with Gasteiger partial charge in [0.25, 0.3) is 5.79 Å². The Balaban J connectivity index is 2.69. The van der Waals surface area contributed by atoms with Crippen LogP contribution in [0, 0.1) is 11.8 Å². The first-order chi connectivity index (χ1) is 7.86. The van der Waals surface area contributed by atoms with Crippen LogP contribution in [0.3, 0.4) is 0 Å². The second kappa shape index (κ2) is 5.49. The number of esters is 2. The molecule has 0 radical (unpaired) electrons. The lowest BCUT2D eigenvalue weighted by Gasteiger charge is -2.28. The maximum Gasteiger partial charge on any atom is 0.311 e. The van der Waals surface area contributed by atoms with E-state index in [4.69, 9.17) is 14.2 Å². The SMILES string of the molecule is CC(C)C(=O)OC1(OC(=O)C(C)C)CCOC1. The van der Waals surface area contributed by atoms with E-state index in [1.165, 1.54) is 0 Å². The van der Waals surface area contributed by atoms with Crippen molar-refractivity contribution in [2.24, 2.45) is 11.8 Å². The van der Waals surface area contributed by atoms with Gasteiger partial charge < -0.3 is 14.2 Å². The molecular formula is C12H20O5. The Morgan fingerprint density at radius 2 is 1.53 bits per heavy atom. The highest BCUT2D eigenvalue weighted by Crippen LogP contribution is 2.27. The van der Waals surface area contributed by atoms with E-state index in [1.807, 2.05) is 0 Å². The van der Waals surface area contributed by atoms with Gasteiger partial charge in [-0.15, -0.1) is 0 Å². The lowest BCUT2D eigenvalue weighted by Crippen LogP contribution is -2.42. The van der Waals surface area contributed by atoms with E-state index in [0.717, 1.165) is 0 Å². The van der Waals surface area contributed by atoms with Gasteiger partial charge in [-0.25, -0.2) is 0 Å². The predicted molar refractivity (Wildman–Crippen MR) is 60.0 cm³/mol. The van der Waals surface area contributed by atoms with Crippen molar-refractivity contribution < 1.29 is 23.8 Å². The summed E-state index contributed by atoms with van der Waals surface area (Å²) in [5.74, 6) is -2.50. The minimum atomic E-state index is -1.22. The van der Waals surface area contributed by atoms with Gasteiger partial charge in [0.2, 0.25) is 0 Å². The molecule has 1 saturated heterocycles. The van der Waals surface area contributed by atoms with E-state index in [0.29, 0.717) is 13.0 Å². The molecule has 0 aromatic carbocycles. The molecule has 0 atom stereocenters. The van der Waals surface area contributed by atoms with Gasteiger partial charge in [0, 0.05) is 0 Å². The highest BCUT2D eigenvalue weighted by Gasteiger charge is 2.43. The van der Waals surface area contributed by atoms with E-state index in [9.17, 15) is 9.59 Å². The van der Waals surface area contributed by atoms with Crippen molar-refractivity contribution in [3.63, 3.8) is 0 Å². The fourth-order valence-corrected chi connectivity index (χ4v) is 1.31. The molecule has 0 amide bonds. The summed E-state index contributed by atoms with van der Waals surface area (Å²) in [6.07, 6.45) is 0.393. The monoisotopic (exact) mass is 244 g/mol. The van der Waals surface area contributed by atoms with Crippen LogP contribution in [-0.2, 0) is 23.8 Å². The zero-order valence-corrected chi connectivity index (χ0v) is 10.8. The van der Waals surface area contributed by atoms with Gasteiger partial charge in [-0.05, 0) is 0 Å². The first-order valence-corrected chi connectivity index (χ1v) is 5.90. The largest absolute Gasteiger partial charge is 0.420 e. The zero-order valence-electron chi connectivity index (χ0n) is 10.8. The number of carbonyl (C=O) groups is 2. The standard InChI is InChI=1S/C12H20O5/c1-8(2)10(13)16-12(5-6-15-7-12)17-11(14)9(3)4/h8-9H,5-7H2,1-4H3. The van der Waals surface area contributed by atoms with Crippen molar-refractivity contribution in [2.45, 2.75) is 39.9 Å². The Hall–Kier alpha value is -1.10. The molecule has 5 heteroatoms. The van der Waals surface area contributed by atoms with E-state index >= 15 is 0 Å². The van der Waals surface area contributed by atoms with E-state index < -0.39 is 5.79 Å². The summed E-state index contributed by atoms with van der Waals surface area (Å²) in [5.41, 5.74) is 0. The molecule has 0 aromatic heterocycles. The summed E-state index contributed by atoms with van der Waals surface area (Å²) < 4.78 is 15.7. The van der Waals surface area contributed by atoms with Gasteiger partial charge in [0.1, 0.15) is 6.61 Å². The molecule has 0 saturated carbocycles. The van der Waals surface area contributed by atoms with Crippen LogP contribution in [0.2, 0.25) is 0 Å². The third kappa shape index (κ3) is 3.70. The minimum absolute atomic E-state index is 0.115. The molecule has 1 fully saturated rings. The van der Waals surface area contributed by atoms with Crippen LogP contribution < -0.4 is 0 Å². The number of hydrogen-bond donors (Lipinski definition) is 0. The molecule has 1 heterocycles. The van der Waals surface area contributed by atoms with Crippen molar-refractivity contribution in [3.8, 4) is 0 Å². The lowest BCUT2D eigenvalue weighted by atomic mass is 10.2. The third-order valence-electron chi connectivity index (χ3n) is 2.47. The van der Waals surface area contributed by atoms with Crippen molar-refractivity contribution in [3.05, 3.63) is 0 Å². The molecule has 98 valence electrons. The Kier molecular flexibility index (Phi) is 4.51. The highest BCUT2D eigenvalue weighted by molar-refractivity contribution is 5.74. The topological polar surface area (TPSA) is 61.8 Å². The van der Waals surface area contributed by atoms with E-state index in [-0.39, 0.29) is 30.4 Å². The summed E-state index contributed by atoms with van der Waals surface area (Å²) in [6.45, 7) is 7.47. The molecule has 0 aromatic rings. The zero-order chi connectivity index (χ0) is 13.1. The summed E-state index contributed by atoms with van der Waals surface area (Å²) in [5, 5.41) is 0. The summed E-state index contributed by atoms with van der Waals surface area (Å²) >= 11 is 0. The van der Waals surface area contributed by atoms with E-state index in [1.54, 1.807) is 27.7 Å². The molecule has 1 aliphatic heterocycles. The Morgan fingerprint density at radius 1 is 1.06 bits per heavy atom. The van der Waals surface area contributed by atoms with Crippen molar-refractivity contribution in [1.29, 1.82) is 0 Å². The molecule has 5 nitrogen and oxygen atoms in total. The molecule has 0 spiro atoms. The second-order valence-electron chi connectivity index (χ2n) is 4.86. The molecule has 1 aliphatic rings. The fraction of sp³-hybridized carbons (Fsp3) is 0.833. The van der Waals surface area contributed by atoms with Gasteiger partial charge in [0.05, 0.1) is 24.9 Å². The molecule has 0 bridgehead atoms. The van der Waals surface area contributed by atoms with Crippen LogP contribution in [0.5, 0.6) is 0 Å². The number of rotatable bonds is 4. The van der Waals surface area contributed by atoms with E-state index in [2.05, 4.69) is 0 Å². The van der Waals surface area contributed by atoms with Crippen LogP contribution in [0.4, 0.5) is 0 Å². The normalized spacial score (nSPS) is 18.5. The van der Waals surface area contributed by atoms with Gasteiger partial charge >= 0.3 is 11.9 Å². The van der Waals surface area contributed by atoms with Crippen molar-refractivity contribution in [1.82, 2.24) is 0 Å². The van der Waals surface area contributed by atoms with Gasteiger partial charge in [0.15, 0.2) is 0 Å². The van der Waals surface area contributed by atoms with Crippen LogP contribution in [-0.4, -0.2) is 30.9 Å². The molecular weight excluding hydrogens is 224 g/mol. The maximum atomic E-state index is 11.6. The first kappa shape index (κ1) is 14.0. The maximum absolute atomic E-state index is 11.6. The summed E-state index contributed by atoms with van der Waals surface area (Å²) in [6, 6.07) is 0. The average Bonchev–Trinajstić information content (AvgIpc) is 2.66. The first-order valence-electron chi connectivity index (χ1n) is 5.90. The van der Waals surface area contributed by atoms with Crippen LogP contribution >= 0.6 is 0 Å². The highest BCUT2D eigenvalue weighted by atomic mass is 16.8. The Bertz CT molecular complexity index is 265. The van der Waals surface area contributed by atoms with Crippen LogP contribution in [0.15, 0.2) is 0 Å². The molecule has 0 aliphatic carbocycles. The van der Waals surface area contributed by atoms with Crippen molar-refractivity contribution >= 4 is 11.9 Å².